The van der Waals surface area contributed by atoms with Gasteiger partial charge in [0, 0.05) is 20.2 Å². The zero-order chi connectivity index (χ0) is 53.6. The van der Waals surface area contributed by atoms with Gasteiger partial charge >= 0.3 is 5.69 Å². The molecule has 9 rings (SSSR count). The minimum absolute atomic E-state index is 0.167. The van der Waals surface area contributed by atoms with Crippen LogP contribution in [0.4, 0.5) is 63.7 Å². The van der Waals surface area contributed by atoms with Gasteiger partial charge in [-0.05, 0) is 55.4 Å². The molecule has 24 N–H and O–H groups in total. The van der Waals surface area contributed by atoms with Crippen LogP contribution in [0.15, 0.2) is 18.7 Å². The maximum atomic E-state index is 10.3. The molecule has 0 amide bonds. The van der Waals surface area contributed by atoms with Crippen LogP contribution in [-0.2, 0) is 14.1 Å². The third-order valence-corrected chi connectivity index (χ3v) is 8.43. The Kier molecular flexibility index (Phi) is 18.6. The molecule has 0 saturated carbocycles. The van der Waals surface area contributed by atoms with E-state index in [2.05, 4.69) is 79.7 Å². The number of nitrogen functional groups attached to an aromatic ring is 10. The second-order valence-corrected chi connectivity index (χ2v) is 14.5. The fourth-order valence-corrected chi connectivity index (χ4v) is 5.45. The highest BCUT2D eigenvalue weighted by molar-refractivity contribution is 5.83. The maximum Gasteiger partial charge on any atom is 0.352 e. The summed E-state index contributed by atoms with van der Waals surface area (Å²) in [4.78, 5) is 71.8. The van der Waals surface area contributed by atoms with Gasteiger partial charge in [-0.25, -0.2) is 74.8 Å². The normalized spacial score (nSPS) is 10.1. The van der Waals surface area contributed by atoms with Gasteiger partial charge in [0.1, 0.15) is 69.1 Å². The van der Waals surface area contributed by atoms with Crippen molar-refractivity contribution >= 4 is 103 Å². The molecule has 0 fully saturated rings. The van der Waals surface area contributed by atoms with Crippen LogP contribution in [0.1, 0.15) is 47.7 Å². The summed E-state index contributed by atoms with van der Waals surface area (Å²) in [5, 5.41) is 16.6. The van der Waals surface area contributed by atoms with Gasteiger partial charge < -0.3 is 77.2 Å². The molecule has 9 aromatic heterocycles. The molecule has 0 aromatic carbocycles. The Hall–Kier alpha value is -10.2. The van der Waals surface area contributed by atoms with Crippen molar-refractivity contribution in [3.63, 3.8) is 0 Å². The lowest BCUT2D eigenvalue weighted by molar-refractivity contribution is -0.383. The van der Waals surface area contributed by atoms with Gasteiger partial charge in [-0.3, -0.25) is 15.5 Å². The van der Waals surface area contributed by atoms with E-state index in [1.165, 1.54) is 13.0 Å². The number of aryl methyl sites for hydroxylation is 9. The van der Waals surface area contributed by atoms with Gasteiger partial charge in [0.05, 0.1) is 23.4 Å². The zero-order valence-electron chi connectivity index (χ0n) is 40.4. The standard InChI is InChI=1S/C8H11N5.C7H9N5.C6H7N5.C5H7N5O2.C5H9N5.C5H8N4.C2H6N2/c1-4-10-7(9)6-8(11-4)13(3)5(2)12-6;1-4-10-6(8)5-7(11-4)12(2)3-9-5;1-3-10-5(7)4-6(11-3)9-2-8-4;1-2-8-4(6)3(10(11)12)5(7)9-2;1-2-9-4(7)3(6)5(8)10-2;1-3-8-4(6)2-5(7)9-3;1-2(3)4/h1-3H3,(H2,9,10,11);3H,1-2H3,(H2,8,10,11);2H,1H3,(H3,7,8,9,10,11);1H3,(H4,6,7,8,9);6H2,1H3,(H4,7,8,9,10);2H,1H3,(H4,6,7,8,9);1H3,(H3,3,4). The number of aromatic amines is 1. The summed E-state index contributed by atoms with van der Waals surface area (Å²) in [6, 6.07) is 1.52. The fraction of sp³-hybridized carbons (Fsp3) is 0.263. The van der Waals surface area contributed by atoms with Gasteiger partial charge in [0.25, 0.3) is 0 Å². The maximum absolute atomic E-state index is 10.3. The lowest BCUT2D eigenvalue weighted by atomic mass is 10.4. The molecule has 0 radical (unpaired) electrons. The smallest absolute Gasteiger partial charge is 0.352 e. The van der Waals surface area contributed by atoms with E-state index in [0.29, 0.717) is 86.2 Å². The highest BCUT2D eigenvalue weighted by Gasteiger charge is 2.19. The van der Waals surface area contributed by atoms with Crippen molar-refractivity contribution in [3.8, 4) is 0 Å². The number of nitrogens with one attached hydrogen (secondary N) is 2. The zero-order valence-corrected chi connectivity index (χ0v) is 40.4. The summed E-state index contributed by atoms with van der Waals surface area (Å²) < 4.78 is 3.72. The Morgan fingerprint density at radius 1 is 0.563 bits per heavy atom. The molecule has 9 heterocycles. The first-order chi connectivity index (χ1) is 33.1. The lowest BCUT2D eigenvalue weighted by Gasteiger charge is -2.01. The number of hydrogen-bond donors (Lipinski definition) is 13. The van der Waals surface area contributed by atoms with Gasteiger partial charge in [-0.1, -0.05) is 0 Å². The van der Waals surface area contributed by atoms with Gasteiger partial charge in [0.15, 0.2) is 51.5 Å². The molecule has 0 aliphatic heterocycles. The molecule has 71 heavy (non-hydrogen) atoms. The summed E-state index contributed by atoms with van der Waals surface area (Å²) in [6.07, 6.45) is 3.23. The third kappa shape index (κ3) is 15.7. The fourth-order valence-electron chi connectivity index (χ4n) is 5.45. The first-order valence-electron chi connectivity index (χ1n) is 20.2. The number of rotatable bonds is 1. The number of amidine groups is 1. The molecule has 0 aliphatic carbocycles. The number of imidazole rings is 3. The van der Waals surface area contributed by atoms with E-state index < -0.39 is 10.6 Å². The molecule has 0 saturated heterocycles. The monoisotopic (exact) mass is 980 g/mol. The second kappa shape index (κ2) is 24.0. The highest BCUT2D eigenvalue weighted by atomic mass is 16.6. The van der Waals surface area contributed by atoms with Crippen LogP contribution in [0.3, 0.4) is 0 Å². The molecule has 0 unspecified atom stereocenters. The number of fused-ring (bicyclic) bond motifs is 3. The van der Waals surface area contributed by atoms with Crippen molar-refractivity contribution in [2.24, 2.45) is 19.8 Å². The van der Waals surface area contributed by atoms with E-state index >= 15 is 0 Å². The number of aromatic nitrogens is 18. The average Bonchev–Trinajstić information content (AvgIpc) is 3.94. The van der Waals surface area contributed by atoms with Crippen molar-refractivity contribution in [1.29, 1.82) is 5.41 Å². The van der Waals surface area contributed by atoms with Crippen LogP contribution in [0.2, 0.25) is 0 Å². The number of nitrogens with zero attached hydrogens (tertiary/aromatic N) is 18. The molecule has 33 heteroatoms. The van der Waals surface area contributed by atoms with E-state index in [1.807, 2.05) is 44.0 Å². The molecular weight excluding hydrogens is 923 g/mol. The number of H-pyrrole nitrogens is 1. The van der Waals surface area contributed by atoms with Crippen molar-refractivity contribution in [1.82, 2.24) is 88.9 Å². The average molecular weight is 980 g/mol. The molecule has 0 aliphatic rings. The highest BCUT2D eigenvalue weighted by Crippen LogP contribution is 2.24. The van der Waals surface area contributed by atoms with E-state index in [-0.39, 0.29) is 34.8 Å². The van der Waals surface area contributed by atoms with Gasteiger partial charge in [0.2, 0.25) is 11.6 Å². The quantitative estimate of drug-likeness (QED) is 0.0456. The third-order valence-electron chi connectivity index (χ3n) is 8.43. The van der Waals surface area contributed by atoms with Crippen LogP contribution >= 0.6 is 0 Å². The van der Waals surface area contributed by atoms with E-state index in [1.54, 1.807) is 40.3 Å². The van der Waals surface area contributed by atoms with Crippen LogP contribution in [0.5, 0.6) is 0 Å². The van der Waals surface area contributed by atoms with Crippen molar-refractivity contribution in [3.05, 3.63) is 69.6 Å². The molecule has 376 valence electrons. The van der Waals surface area contributed by atoms with Gasteiger partial charge in [-0.15, -0.1) is 0 Å². The first kappa shape index (κ1) is 55.1. The Morgan fingerprint density at radius 2 is 0.972 bits per heavy atom. The van der Waals surface area contributed by atoms with E-state index in [4.69, 9.17) is 68.5 Å². The Labute approximate surface area is 403 Å². The summed E-state index contributed by atoms with van der Waals surface area (Å²) in [6.45, 7) is 13.8. The topological polar surface area (TPSA) is 572 Å². The summed E-state index contributed by atoms with van der Waals surface area (Å²) in [5.74, 6) is 6.74. The lowest BCUT2D eigenvalue weighted by Crippen LogP contribution is -2.06. The number of hydrogen-bond acceptors (Lipinski definition) is 28. The molecule has 33 nitrogen and oxygen atoms in total. The van der Waals surface area contributed by atoms with Crippen LogP contribution < -0.4 is 63.1 Å². The second-order valence-electron chi connectivity index (χ2n) is 14.5. The molecule has 0 bridgehead atoms. The predicted molar refractivity (Wildman–Crippen MR) is 272 cm³/mol. The molecular formula is C38H57N31O2. The van der Waals surface area contributed by atoms with Crippen LogP contribution in [0.25, 0.3) is 33.5 Å². The summed E-state index contributed by atoms with van der Waals surface area (Å²) >= 11 is 0. The largest absolute Gasteiger partial charge is 0.393 e. The van der Waals surface area contributed by atoms with E-state index in [0.717, 1.165) is 17.1 Å². The molecule has 0 atom stereocenters. The Balaban J connectivity index is 0.000000222. The summed E-state index contributed by atoms with van der Waals surface area (Å²) in [5.41, 5.74) is 63.0. The van der Waals surface area contributed by atoms with Crippen LogP contribution in [0, 0.1) is 64.0 Å². The number of nitro groups is 1. The minimum Gasteiger partial charge on any atom is -0.393 e. The predicted octanol–water partition coefficient (Wildman–Crippen LogP) is 0.341. The van der Waals surface area contributed by atoms with Crippen molar-refractivity contribution in [2.75, 3.05) is 57.3 Å². The minimum atomic E-state index is -0.704. The van der Waals surface area contributed by atoms with E-state index in [9.17, 15) is 10.1 Å². The number of nitrogens with two attached hydrogens (primary N) is 11. The Morgan fingerprint density at radius 3 is 1.46 bits per heavy atom. The first-order valence-corrected chi connectivity index (χ1v) is 20.2. The number of anilines is 10. The Bertz CT molecular complexity index is 3200. The molecule has 0 spiro atoms. The van der Waals surface area contributed by atoms with Crippen molar-refractivity contribution in [2.45, 2.75) is 55.4 Å². The van der Waals surface area contributed by atoms with Crippen LogP contribution in [-0.4, -0.2) is 99.6 Å². The molecule has 9 aromatic rings. The van der Waals surface area contributed by atoms with Gasteiger partial charge in [-0.2, -0.15) is 0 Å². The SMILES string of the molecule is CC(=N)N.Cc1nc(N)c(N)c(N)n1.Cc1nc(N)c([N+](=O)[O-])c(N)n1.Cc1nc(N)c2[nH]cnc2n1.Cc1nc(N)c2nc(C)n(C)c2n1.Cc1nc(N)c2ncn(C)c2n1.Cc1nc(N)cc(N)n1. The summed E-state index contributed by atoms with van der Waals surface area (Å²) in [7, 11) is 3.79. The van der Waals surface area contributed by atoms with Crippen molar-refractivity contribution < 1.29 is 4.92 Å².